The van der Waals surface area contributed by atoms with Crippen LogP contribution < -0.4 is 4.74 Å². The number of carbonyl (C=O) groups is 1. The second-order valence-electron chi connectivity index (χ2n) is 6.06. The van der Waals surface area contributed by atoms with E-state index in [0.29, 0.717) is 31.2 Å². The van der Waals surface area contributed by atoms with Crippen LogP contribution >= 0.6 is 0 Å². The van der Waals surface area contributed by atoms with Crippen molar-refractivity contribution in [3.63, 3.8) is 0 Å². The predicted octanol–water partition coefficient (Wildman–Crippen LogP) is 4.17. The smallest absolute Gasteiger partial charge is 0.222 e. The highest BCUT2D eigenvalue weighted by atomic mass is 19.1. The number of hydrogen-bond donors (Lipinski definition) is 0. The third-order valence-corrected chi connectivity index (χ3v) is 4.38. The van der Waals surface area contributed by atoms with E-state index in [0.717, 1.165) is 12.8 Å². The van der Waals surface area contributed by atoms with Crippen LogP contribution in [0.25, 0.3) is 0 Å². The molecule has 0 aromatic heterocycles. The molecule has 1 amide bonds. The third-order valence-electron chi connectivity index (χ3n) is 4.38. The lowest BCUT2D eigenvalue weighted by Crippen LogP contribution is -2.36. The van der Waals surface area contributed by atoms with Crippen molar-refractivity contribution in [2.45, 2.75) is 57.4 Å². The molecule has 0 heterocycles. The summed E-state index contributed by atoms with van der Waals surface area (Å²) < 4.78 is 18.3. The molecule has 0 aliphatic heterocycles. The predicted molar refractivity (Wildman–Crippen MR) is 85.4 cm³/mol. The van der Waals surface area contributed by atoms with Crippen molar-refractivity contribution in [2.75, 3.05) is 13.7 Å². The normalized spacial score (nSPS) is 16.1. The highest BCUT2D eigenvalue weighted by Crippen LogP contribution is 2.21. The fourth-order valence-corrected chi connectivity index (χ4v) is 2.97. The first-order valence-corrected chi connectivity index (χ1v) is 8.31. The van der Waals surface area contributed by atoms with Crippen LogP contribution in [0.2, 0.25) is 0 Å². The summed E-state index contributed by atoms with van der Waals surface area (Å²) in [6.45, 7) is 0.482. The number of benzene rings is 1. The van der Waals surface area contributed by atoms with Crippen LogP contribution in [-0.2, 0) is 4.79 Å². The lowest BCUT2D eigenvalue weighted by Gasteiger charge is -2.27. The van der Waals surface area contributed by atoms with Crippen LogP contribution in [0.3, 0.4) is 0 Å². The van der Waals surface area contributed by atoms with Crippen LogP contribution in [0.1, 0.15) is 51.4 Å². The summed E-state index contributed by atoms with van der Waals surface area (Å²) in [7, 11) is 1.93. The summed E-state index contributed by atoms with van der Waals surface area (Å²) in [5.74, 6) is 0.577. The molecule has 0 spiro atoms. The molecule has 3 nitrogen and oxygen atoms in total. The summed E-state index contributed by atoms with van der Waals surface area (Å²) in [4.78, 5) is 14.2. The molecule has 1 fully saturated rings. The molecule has 122 valence electrons. The first-order chi connectivity index (χ1) is 10.7. The van der Waals surface area contributed by atoms with Crippen LogP contribution in [0.15, 0.2) is 24.3 Å². The van der Waals surface area contributed by atoms with E-state index in [1.807, 2.05) is 11.9 Å². The Morgan fingerprint density at radius 3 is 2.45 bits per heavy atom. The Balaban J connectivity index is 1.67. The molecule has 0 saturated heterocycles. The van der Waals surface area contributed by atoms with Gasteiger partial charge in [-0.15, -0.1) is 0 Å². The topological polar surface area (TPSA) is 29.5 Å². The molecular weight excluding hydrogens is 281 g/mol. The second kappa shape index (κ2) is 8.76. The van der Waals surface area contributed by atoms with Gasteiger partial charge in [0.15, 0.2) is 0 Å². The minimum absolute atomic E-state index is 0.203. The Labute approximate surface area is 132 Å². The Morgan fingerprint density at radius 2 is 1.82 bits per heavy atom. The van der Waals surface area contributed by atoms with Crippen molar-refractivity contribution in [3.8, 4) is 5.75 Å². The van der Waals surface area contributed by atoms with Crippen LogP contribution in [0.5, 0.6) is 5.75 Å². The largest absolute Gasteiger partial charge is 0.494 e. The first-order valence-electron chi connectivity index (χ1n) is 8.31. The van der Waals surface area contributed by atoms with E-state index in [1.165, 1.54) is 37.8 Å². The zero-order valence-corrected chi connectivity index (χ0v) is 13.4. The van der Waals surface area contributed by atoms with Gasteiger partial charge in [-0.2, -0.15) is 0 Å². The van der Waals surface area contributed by atoms with Gasteiger partial charge in [-0.25, -0.2) is 4.39 Å². The van der Waals surface area contributed by atoms with Gasteiger partial charge in [0.1, 0.15) is 11.6 Å². The van der Waals surface area contributed by atoms with Crippen LogP contribution in [-0.4, -0.2) is 30.5 Å². The quantitative estimate of drug-likeness (QED) is 0.583. The van der Waals surface area contributed by atoms with Crippen molar-refractivity contribution in [2.24, 2.45) is 0 Å². The SMILES string of the molecule is CN(C(=O)CCCOc1ccc(F)cc1)C1CCCCCC1. The fourth-order valence-electron chi connectivity index (χ4n) is 2.97. The number of carbonyl (C=O) groups excluding carboxylic acids is 1. The standard InChI is InChI=1S/C18H26FNO2/c1-20(16-7-4-2-3-5-8-16)18(21)9-6-14-22-17-12-10-15(19)11-13-17/h10-13,16H,2-9,14H2,1H3. The minimum Gasteiger partial charge on any atom is -0.494 e. The zero-order valence-electron chi connectivity index (χ0n) is 13.4. The lowest BCUT2D eigenvalue weighted by atomic mass is 10.1. The molecule has 0 radical (unpaired) electrons. The summed E-state index contributed by atoms with van der Waals surface area (Å²) in [5.41, 5.74) is 0. The van der Waals surface area contributed by atoms with Gasteiger partial charge in [0.2, 0.25) is 5.91 Å². The van der Waals surface area contributed by atoms with E-state index in [4.69, 9.17) is 4.74 Å². The molecule has 4 heteroatoms. The van der Waals surface area contributed by atoms with Crippen LogP contribution in [0.4, 0.5) is 4.39 Å². The maximum atomic E-state index is 12.8. The second-order valence-corrected chi connectivity index (χ2v) is 6.06. The Morgan fingerprint density at radius 1 is 1.18 bits per heavy atom. The van der Waals surface area contributed by atoms with E-state index < -0.39 is 0 Å². The molecule has 1 saturated carbocycles. The molecule has 2 rings (SSSR count). The van der Waals surface area contributed by atoms with Gasteiger partial charge < -0.3 is 9.64 Å². The minimum atomic E-state index is -0.271. The van der Waals surface area contributed by atoms with E-state index in [-0.39, 0.29) is 11.7 Å². The molecule has 1 aromatic carbocycles. The lowest BCUT2D eigenvalue weighted by molar-refractivity contribution is -0.132. The fraction of sp³-hybridized carbons (Fsp3) is 0.611. The summed E-state index contributed by atoms with van der Waals surface area (Å²) >= 11 is 0. The van der Waals surface area contributed by atoms with Gasteiger partial charge in [0, 0.05) is 19.5 Å². The maximum Gasteiger partial charge on any atom is 0.222 e. The number of amides is 1. The van der Waals surface area contributed by atoms with E-state index >= 15 is 0 Å². The number of hydrogen-bond acceptors (Lipinski definition) is 2. The molecule has 1 aromatic rings. The number of halogens is 1. The van der Waals surface area contributed by atoms with Crippen molar-refractivity contribution in [1.29, 1.82) is 0 Å². The Hall–Kier alpha value is -1.58. The summed E-state index contributed by atoms with van der Waals surface area (Å²) in [6.07, 6.45) is 8.52. The van der Waals surface area contributed by atoms with Gasteiger partial charge in [-0.05, 0) is 43.5 Å². The summed E-state index contributed by atoms with van der Waals surface area (Å²) in [6, 6.07) is 6.37. The van der Waals surface area contributed by atoms with E-state index in [9.17, 15) is 9.18 Å². The van der Waals surface area contributed by atoms with Gasteiger partial charge in [-0.1, -0.05) is 25.7 Å². The maximum absolute atomic E-state index is 12.8. The average Bonchev–Trinajstić information content (AvgIpc) is 2.81. The molecule has 1 aliphatic carbocycles. The highest BCUT2D eigenvalue weighted by molar-refractivity contribution is 5.76. The Bertz CT molecular complexity index is 453. The summed E-state index contributed by atoms with van der Waals surface area (Å²) in [5, 5.41) is 0. The van der Waals surface area contributed by atoms with Gasteiger partial charge in [-0.3, -0.25) is 4.79 Å². The van der Waals surface area contributed by atoms with E-state index in [1.54, 1.807) is 12.1 Å². The number of nitrogens with zero attached hydrogens (tertiary/aromatic N) is 1. The Kier molecular flexibility index (Phi) is 6.69. The molecule has 0 unspecified atom stereocenters. The average molecular weight is 307 g/mol. The molecule has 0 bridgehead atoms. The molecule has 0 atom stereocenters. The van der Waals surface area contributed by atoms with Crippen LogP contribution in [0, 0.1) is 5.82 Å². The van der Waals surface area contributed by atoms with Gasteiger partial charge >= 0.3 is 0 Å². The molecule has 1 aliphatic rings. The number of rotatable bonds is 6. The van der Waals surface area contributed by atoms with Crippen molar-refractivity contribution in [1.82, 2.24) is 4.90 Å². The van der Waals surface area contributed by atoms with Crippen molar-refractivity contribution < 1.29 is 13.9 Å². The van der Waals surface area contributed by atoms with Crippen molar-refractivity contribution >= 4 is 5.91 Å². The monoisotopic (exact) mass is 307 g/mol. The number of ether oxygens (including phenoxy) is 1. The molecule has 0 N–H and O–H groups in total. The van der Waals surface area contributed by atoms with Crippen molar-refractivity contribution in [3.05, 3.63) is 30.1 Å². The van der Waals surface area contributed by atoms with E-state index in [2.05, 4.69) is 0 Å². The molecule has 22 heavy (non-hydrogen) atoms. The zero-order chi connectivity index (χ0) is 15.8. The highest BCUT2D eigenvalue weighted by Gasteiger charge is 2.20. The third kappa shape index (κ3) is 5.32. The first kappa shape index (κ1) is 16.8. The molecular formula is C18H26FNO2. The van der Waals surface area contributed by atoms with Gasteiger partial charge in [0.05, 0.1) is 6.61 Å². The van der Waals surface area contributed by atoms with Gasteiger partial charge in [0.25, 0.3) is 0 Å².